The summed E-state index contributed by atoms with van der Waals surface area (Å²) < 4.78 is 45.5. The van der Waals surface area contributed by atoms with Gasteiger partial charge in [-0.1, -0.05) is 6.07 Å². The van der Waals surface area contributed by atoms with Crippen molar-refractivity contribution in [3.05, 3.63) is 34.7 Å². The number of nitrogens with one attached hydrogen (secondary N) is 1. The van der Waals surface area contributed by atoms with Crippen molar-refractivity contribution in [2.75, 3.05) is 39.4 Å². The van der Waals surface area contributed by atoms with Gasteiger partial charge in [-0.2, -0.15) is 8.78 Å². The average Bonchev–Trinajstić information content (AvgIpc) is 3.56. The first-order chi connectivity index (χ1) is 20.8. The van der Waals surface area contributed by atoms with Gasteiger partial charge >= 0.3 is 13.3 Å². The van der Waals surface area contributed by atoms with E-state index in [0.717, 1.165) is 23.5 Å². The number of morpholine rings is 1. The van der Waals surface area contributed by atoms with Crippen LogP contribution in [0.15, 0.2) is 24.3 Å². The Labute approximate surface area is 255 Å². The molecule has 2 aromatic rings. The highest BCUT2D eigenvalue weighted by molar-refractivity contribution is 7.52. The van der Waals surface area contributed by atoms with Crippen LogP contribution in [-0.4, -0.2) is 106 Å². The van der Waals surface area contributed by atoms with E-state index in [9.17, 15) is 32.5 Å². The van der Waals surface area contributed by atoms with Gasteiger partial charge < -0.3 is 34.5 Å². The normalized spacial score (nSPS) is 25.0. The molecule has 4 aliphatic heterocycles. The smallest absolute Gasteiger partial charge is 0.378 e. The van der Waals surface area contributed by atoms with Crippen molar-refractivity contribution in [1.82, 2.24) is 20.0 Å². The predicted molar refractivity (Wildman–Crippen MR) is 154 cm³/mol. The number of benzene rings is 1. The first-order valence-corrected chi connectivity index (χ1v) is 17.0. The second-order valence-corrected chi connectivity index (χ2v) is 14.5. The molecule has 0 saturated carbocycles. The summed E-state index contributed by atoms with van der Waals surface area (Å²) in [6.45, 7) is 2.71. The van der Waals surface area contributed by atoms with Crippen LogP contribution in [0.5, 0.6) is 0 Å². The van der Waals surface area contributed by atoms with Crippen LogP contribution in [0.25, 0.3) is 10.1 Å². The van der Waals surface area contributed by atoms with Crippen molar-refractivity contribution in [3.8, 4) is 0 Å². The highest BCUT2D eigenvalue weighted by Crippen LogP contribution is 2.59. The second kappa shape index (κ2) is 11.8. The molecule has 6 rings (SSSR count). The third kappa shape index (κ3) is 5.64. The summed E-state index contributed by atoms with van der Waals surface area (Å²) in [6, 6.07) is 2.81. The van der Waals surface area contributed by atoms with Crippen molar-refractivity contribution in [3.63, 3.8) is 0 Å². The SMILES string of the molecule is O=C(N[C@H]1CCC[C@H]2CC[C@@H](C(=O)N3CC(C(=O)N4CCOCC4)C3)N2C1=O)c1cc2cc(C(F)(F)P(=O)(O)O)ccc2s1. The van der Waals surface area contributed by atoms with E-state index in [4.69, 9.17) is 14.5 Å². The van der Waals surface area contributed by atoms with Crippen LogP contribution in [0.2, 0.25) is 0 Å². The molecule has 5 heterocycles. The standard InChI is InChI=1S/C28H33F2N4O8PS/c29-28(30,43(39,40)41)18-4-7-22-16(12-18)13-23(44-22)24(35)31-20-3-1-2-19-5-6-21(34(19)26(20)37)27(38)33-14-17(15-33)25(36)32-8-10-42-11-9-32/h4,7,12-13,17,19-21H,1-3,5-6,8-11,14-15H2,(H,31,35)(H2,39,40,41)/t19-,20-,21-/m0/s1. The predicted octanol–water partition coefficient (Wildman–Crippen LogP) is 2.09. The molecule has 4 aliphatic rings. The molecule has 0 aliphatic carbocycles. The Kier molecular flexibility index (Phi) is 8.29. The van der Waals surface area contributed by atoms with Crippen LogP contribution in [0.1, 0.15) is 47.3 Å². The van der Waals surface area contributed by atoms with Crippen LogP contribution in [0.4, 0.5) is 8.78 Å². The summed E-state index contributed by atoms with van der Waals surface area (Å²) in [5, 5.41) is 2.98. The topological polar surface area (TPSA) is 157 Å². The van der Waals surface area contributed by atoms with Crippen molar-refractivity contribution >= 4 is 52.6 Å². The van der Waals surface area contributed by atoms with Gasteiger partial charge in [-0.05, 0) is 55.7 Å². The van der Waals surface area contributed by atoms with Crippen LogP contribution >= 0.6 is 18.9 Å². The lowest BCUT2D eigenvalue weighted by molar-refractivity contribution is -0.156. The number of hydrogen-bond acceptors (Lipinski definition) is 7. The van der Waals surface area contributed by atoms with Crippen molar-refractivity contribution in [1.29, 1.82) is 0 Å². The molecule has 1 aromatic heterocycles. The maximum Gasteiger partial charge on any atom is 0.399 e. The lowest BCUT2D eigenvalue weighted by atomic mass is 9.96. The maximum atomic E-state index is 14.2. The van der Waals surface area contributed by atoms with Crippen LogP contribution < -0.4 is 5.32 Å². The number of alkyl halides is 2. The number of ether oxygens (including phenoxy) is 1. The van der Waals surface area contributed by atoms with E-state index in [1.807, 2.05) is 0 Å². The number of thiophene rings is 1. The number of rotatable bonds is 6. The molecule has 44 heavy (non-hydrogen) atoms. The molecule has 238 valence electrons. The lowest BCUT2D eigenvalue weighted by Crippen LogP contribution is -2.62. The zero-order valence-corrected chi connectivity index (χ0v) is 25.4. The van der Waals surface area contributed by atoms with Gasteiger partial charge in [0.1, 0.15) is 12.1 Å². The molecule has 4 amide bonds. The van der Waals surface area contributed by atoms with E-state index in [1.165, 1.54) is 12.1 Å². The van der Waals surface area contributed by atoms with Gasteiger partial charge in [0.05, 0.1) is 24.0 Å². The number of carbonyl (C=O) groups excluding carboxylic acids is 4. The fourth-order valence-electron chi connectivity index (χ4n) is 6.54. The quantitative estimate of drug-likeness (QED) is 0.400. The molecule has 0 bridgehead atoms. The minimum atomic E-state index is -5.76. The Morgan fingerprint density at radius 3 is 2.43 bits per heavy atom. The first-order valence-electron chi connectivity index (χ1n) is 14.6. The Bertz CT molecular complexity index is 1540. The Morgan fingerprint density at radius 1 is 1.00 bits per heavy atom. The third-order valence-electron chi connectivity index (χ3n) is 8.99. The van der Waals surface area contributed by atoms with Gasteiger partial charge in [-0.3, -0.25) is 23.7 Å². The number of fused-ring (bicyclic) bond motifs is 2. The summed E-state index contributed by atoms with van der Waals surface area (Å²) in [6.07, 6.45) is 2.91. The van der Waals surface area contributed by atoms with Gasteiger partial charge in [0.2, 0.25) is 17.7 Å². The molecule has 1 aromatic carbocycles. The van der Waals surface area contributed by atoms with Crippen molar-refractivity contribution < 1.29 is 47.0 Å². The monoisotopic (exact) mass is 654 g/mol. The molecule has 0 radical (unpaired) electrons. The fourth-order valence-corrected chi connectivity index (χ4v) is 7.97. The van der Waals surface area contributed by atoms with E-state index in [-0.39, 0.29) is 39.9 Å². The zero-order chi connectivity index (χ0) is 31.4. The molecule has 12 nitrogen and oxygen atoms in total. The van der Waals surface area contributed by atoms with E-state index in [0.29, 0.717) is 76.2 Å². The number of carbonyl (C=O) groups is 4. The summed E-state index contributed by atoms with van der Waals surface area (Å²) in [4.78, 5) is 76.5. The molecule has 0 spiro atoms. The highest BCUT2D eigenvalue weighted by Gasteiger charge is 2.51. The maximum absolute atomic E-state index is 14.2. The number of nitrogens with zero attached hydrogens (tertiary/aromatic N) is 3. The average molecular weight is 655 g/mol. The molecule has 16 heteroatoms. The van der Waals surface area contributed by atoms with Gasteiger partial charge in [-0.15, -0.1) is 11.3 Å². The molecule has 4 saturated heterocycles. The first kappa shape index (κ1) is 31.0. The molecule has 3 N–H and O–H groups in total. The largest absolute Gasteiger partial charge is 0.399 e. The summed E-state index contributed by atoms with van der Waals surface area (Å²) in [7, 11) is -5.76. The Morgan fingerprint density at radius 2 is 1.73 bits per heavy atom. The third-order valence-corrected chi connectivity index (χ3v) is 11.1. The number of likely N-dealkylation sites (tertiary alicyclic amines) is 1. The van der Waals surface area contributed by atoms with E-state index in [2.05, 4.69) is 5.32 Å². The van der Waals surface area contributed by atoms with Gasteiger partial charge in [0.15, 0.2) is 0 Å². The van der Waals surface area contributed by atoms with Crippen LogP contribution in [-0.2, 0) is 29.3 Å². The number of amides is 4. The Hall–Kier alpha value is -2.97. The summed E-state index contributed by atoms with van der Waals surface area (Å²) in [5.41, 5.74) is -5.25. The van der Waals surface area contributed by atoms with E-state index in [1.54, 1.807) is 14.7 Å². The summed E-state index contributed by atoms with van der Waals surface area (Å²) in [5.74, 6) is -1.36. The molecular formula is C28H33F2N4O8PS. The minimum absolute atomic E-state index is 0.0169. The van der Waals surface area contributed by atoms with E-state index >= 15 is 0 Å². The fraction of sp³-hybridized carbons (Fsp3) is 0.571. The van der Waals surface area contributed by atoms with Crippen LogP contribution in [0.3, 0.4) is 0 Å². The van der Waals surface area contributed by atoms with Crippen molar-refractivity contribution in [2.45, 2.75) is 55.9 Å². The van der Waals surface area contributed by atoms with Gasteiger partial charge in [0, 0.05) is 42.5 Å². The number of halogens is 2. The number of hydrogen-bond donors (Lipinski definition) is 3. The Balaban J connectivity index is 1.11. The summed E-state index contributed by atoms with van der Waals surface area (Å²) >= 11 is 1.00. The highest BCUT2D eigenvalue weighted by atomic mass is 32.1. The lowest BCUT2D eigenvalue weighted by Gasteiger charge is -2.43. The molecule has 0 unspecified atom stereocenters. The zero-order valence-electron chi connectivity index (χ0n) is 23.7. The van der Waals surface area contributed by atoms with Gasteiger partial charge in [-0.25, -0.2) is 0 Å². The minimum Gasteiger partial charge on any atom is -0.378 e. The van der Waals surface area contributed by atoms with Crippen LogP contribution in [0, 0.1) is 5.92 Å². The molecule has 3 atom stereocenters. The van der Waals surface area contributed by atoms with Crippen molar-refractivity contribution in [2.24, 2.45) is 5.92 Å². The second-order valence-electron chi connectivity index (χ2n) is 11.8. The van der Waals surface area contributed by atoms with Gasteiger partial charge in [0.25, 0.3) is 5.91 Å². The molecule has 4 fully saturated rings. The molecular weight excluding hydrogens is 621 g/mol. The van der Waals surface area contributed by atoms with E-state index < -0.39 is 36.8 Å².